The zero-order chi connectivity index (χ0) is 20.2. The van der Waals surface area contributed by atoms with Crippen molar-refractivity contribution in [3.63, 3.8) is 0 Å². The molecule has 0 atom stereocenters. The van der Waals surface area contributed by atoms with Gasteiger partial charge in [0.05, 0.1) is 4.75 Å². The van der Waals surface area contributed by atoms with E-state index in [9.17, 15) is 17.6 Å². The van der Waals surface area contributed by atoms with E-state index in [1.54, 1.807) is 58.0 Å². The summed E-state index contributed by atoms with van der Waals surface area (Å²) in [4.78, 5) is 12.1. The van der Waals surface area contributed by atoms with Gasteiger partial charge in [0.15, 0.2) is 9.84 Å². The van der Waals surface area contributed by atoms with E-state index in [0.29, 0.717) is 17.0 Å². The van der Waals surface area contributed by atoms with Gasteiger partial charge in [-0.25, -0.2) is 12.8 Å². The van der Waals surface area contributed by atoms with E-state index in [2.05, 4.69) is 5.32 Å². The van der Waals surface area contributed by atoms with Crippen molar-refractivity contribution in [1.82, 2.24) is 0 Å². The normalized spacial score (nSPS) is 11.9. The van der Waals surface area contributed by atoms with Crippen molar-refractivity contribution >= 4 is 21.4 Å². The minimum absolute atomic E-state index is 0.215. The number of anilines is 1. The molecule has 27 heavy (non-hydrogen) atoms. The fourth-order valence-electron chi connectivity index (χ4n) is 2.23. The Morgan fingerprint density at radius 3 is 2.44 bits per heavy atom. The van der Waals surface area contributed by atoms with Gasteiger partial charge in [0, 0.05) is 5.69 Å². The maximum Gasteiger partial charge on any atom is 0.239 e. The lowest BCUT2D eigenvalue weighted by Crippen LogP contribution is -2.35. The first kappa shape index (κ1) is 20.9. The van der Waals surface area contributed by atoms with Crippen molar-refractivity contribution in [2.24, 2.45) is 0 Å². The zero-order valence-electron chi connectivity index (χ0n) is 15.9. The molecule has 0 aliphatic carbocycles. The fraction of sp³-hybridized carbons (Fsp3) is 0.350. The van der Waals surface area contributed by atoms with Gasteiger partial charge in [-0.3, -0.25) is 4.79 Å². The van der Waals surface area contributed by atoms with Crippen LogP contribution in [0.3, 0.4) is 0 Å². The van der Waals surface area contributed by atoms with E-state index >= 15 is 0 Å². The molecule has 0 bridgehead atoms. The fourth-order valence-corrected chi connectivity index (χ4v) is 3.09. The number of carbonyl (C=O) groups is 1. The number of nitrogens with one attached hydrogen (secondary N) is 1. The first-order valence-electron chi connectivity index (χ1n) is 8.48. The van der Waals surface area contributed by atoms with Gasteiger partial charge in [-0.1, -0.05) is 12.1 Å². The van der Waals surface area contributed by atoms with Crippen LogP contribution in [0.4, 0.5) is 10.1 Å². The maximum absolute atomic E-state index is 13.2. The quantitative estimate of drug-likeness (QED) is 0.809. The molecule has 0 radical (unpaired) electrons. The number of hydrogen-bond acceptors (Lipinski definition) is 4. The molecule has 0 saturated carbocycles. The van der Waals surface area contributed by atoms with Crippen LogP contribution in [0.5, 0.6) is 5.75 Å². The van der Waals surface area contributed by atoms with Gasteiger partial charge in [0.25, 0.3) is 0 Å². The third kappa shape index (κ3) is 5.79. The summed E-state index contributed by atoms with van der Waals surface area (Å²) in [7, 11) is -3.55. The molecule has 2 aromatic carbocycles. The Hall–Kier alpha value is -2.41. The van der Waals surface area contributed by atoms with Gasteiger partial charge in [-0.15, -0.1) is 0 Å². The minimum atomic E-state index is -3.55. The van der Waals surface area contributed by atoms with Crippen LogP contribution >= 0.6 is 0 Å². The number of hydrogen-bond donors (Lipinski definition) is 1. The second-order valence-corrected chi connectivity index (χ2v) is 10.1. The SMILES string of the molecule is Cc1cc(OCc2cccc(F)c2)ccc1NC(=O)CS(=O)(=O)C(C)(C)C. The maximum atomic E-state index is 13.2. The second-order valence-electron chi connectivity index (χ2n) is 7.31. The minimum Gasteiger partial charge on any atom is -0.489 e. The summed E-state index contributed by atoms with van der Waals surface area (Å²) in [6.07, 6.45) is 0. The van der Waals surface area contributed by atoms with E-state index in [1.165, 1.54) is 12.1 Å². The summed E-state index contributed by atoms with van der Waals surface area (Å²) < 4.78 is 42.1. The molecule has 0 spiro atoms. The third-order valence-corrected chi connectivity index (χ3v) is 6.53. The molecule has 146 valence electrons. The molecule has 0 heterocycles. The van der Waals surface area contributed by atoms with Gasteiger partial charge in [0.2, 0.25) is 5.91 Å². The molecule has 0 fully saturated rings. The van der Waals surface area contributed by atoms with Crippen molar-refractivity contribution < 1.29 is 22.3 Å². The highest BCUT2D eigenvalue weighted by atomic mass is 32.2. The van der Waals surface area contributed by atoms with Crippen LogP contribution in [0.15, 0.2) is 42.5 Å². The largest absolute Gasteiger partial charge is 0.489 e. The number of sulfone groups is 1. The Kier molecular flexibility index (Phi) is 6.26. The van der Waals surface area contributed by atoms with E-state index < -0.39 is 26.2 Å². The molecular formula is C20H24FNO4S. The van der Waals surface area contributed by atoms with Crippen LogP contribution in [-0.4, -0.2) is 24.8 Å². The van der Waals surface area contributed by atoms with Crippen LogP contribution in [0.1, 0.15) is 31.9 Å². The lowest BCUT2D eigenvalue weighted by Gasteiger charge is -2.19. The van der Waals surface area contributed by atoms with Gasteiger partial charge in [-0.05, 0) is 69.2 Å². The van der Waals surface area contributed by atoms with Crippen LogP contribution in [0.25, 0.3) is 0 Å². The first-order chi connectivity index (χ1) is 12.5. The van der Waals surface area contributed by atoms with Crippen LogP contribution < -0.4 is 10.1 Å². The van der Waals surface area contributed by atoms with Gasteiger partial charge in [-0.2, -0.15) is 0 Å². The number of halogens is 1. The Morgan fingerprint density at radius 1 is 1.15 bits per heavy atom. The molecule has 0 aliphatic heterocycles. The standard InChI is InChI=1S/C20H24FNO4S/c1-14-10-17(26-12-15-6-5-7-16(21)11-15)8-9-18(14)22-19(23)13-27(24,25)20(2,3)4/h5-11H,12-13H2,1-4H3,(H,22,23). The number of ether oxygens (including phenoxy) is 1. The predicted molar refractivity (Wildman–Crippen MR) is 104 cm³/mol. The molecule has 0 saturated heterocycles. The first-order valence-corrected chi connectivity index (χ1v) is 10.1. The average molecular weight is 393 g/mol. The molecule has 5 nitrogen and oxygen atoms in total. The van der Waals surface area contributed by atoms with Crippen LogP contribution in [0.2, 0.25) is 0 Å². The van der Waals surface area contributed by atoms with Crippen molar-refractivity contribution in [3.8, 4) is 5.75 Å². The van der Waals surface area contributed by atoms with Crippen molar-refractivity contribution in [2.75, 3.05) is 11.1 Å². The van der Waals surface area contributed by atoms with Crippen molar-refractivity contribution in [2.45, 2.75) is 39.0 Å². The third-order valence-electron chi connectivity index (χ3n) is 4.02. The Labute approximate surface area is 159 Å². The molecule has 7 heteroatoms. The predicted octanol–water partition coefficient (Wildman–Crippen LogP) is 3.86. The molecular weight excluding hydrogens is 369 g/mol. The summed E-state index contributed by atoms with van der Waals surface area (Å²) in [6, 6.07) is 11.2. The van der Waals surface area contributed by atoms with E-state index in [0.717, 1.165) is 5.56 Å². The van der Waals surface area contributed by atoms with Gasteiger partial charge < -0.3 is 10.1 Å². The molecule has 0 aromatic heterocycles. The monoisotopic (exact) mass is 393 g/mol. The molecule has 2 rings (SSSR count). The van der Waals surface area contributed by atoms with E-state index in [1.807, 2.05) is 0 Å². The summed E-state index contributed by atoms with van der Waals surface area (Å²) in [5.41, 5.74) is 1.95. The van der Waals surface area contributed by atoms with Gasteiger partial charge in [0.1, 0.15) is 23.9 Å². The molecule has 1 amide bonds. The van der Waals surface area contributed by atoms with E-state index in [4.69, 9.17) is 4.74 Å². The highest BCUT2D eigenvalue weighted by Gasteiger charge is 2.31. The highest BCUT2D eigenvalue weighted by molar-refractivity contribution is 7.93. The van der Waals surface area contributed by atoms with Crippen LogP contribution in [-0.2, 0) is 21.2 Å². The summed E-state index contributed by atoms with van der Waals surface area (Å²) in [6.45, 7) is 6.68. The van der Waals surface area contributed by atoms with E-state index in [-0.39, 0.29) is 12.4 Å². The molecule has 1 N–H and O–H groups in total. The number of benzene rings is 2. The zero-order valence-corrected chi connectivity index (χ0v) is 16.7. The second kappa shape index (κ2) is 8.08. The summed E-state index contributed by atoms with van der Waals surface area (Å²) in [5, 5.41) is 2.62. The number of amides is 1. The number of carbonyl (C=O) groups excluding carboxylic acids is 1. The summed E-state index contributed by atoms with van der Waals surface area (Å²) in [5.74, 6) is -0.914. The average Bonchev–Trinajstić information content (AvgIpc) is 2.54. The topological polar surface area (TPSA) is 72.5 Å². The van der Waals surface area contributed by atoms with Crippen molar-refractivity contribution in [3.05, 3.63) is 59.4 Å². The Bertz CT molecular complexity index is 933. The Balaban J connectivity index is 2.01. The van der Waals surface area contributed by atoms with Crippen molar-refractivity contribution in [1.29, 1.82) is 0 Å². The molecule has 2 aromatic rings. The lowest BCUT2D eigenvalue weighted by atomic mass is 10.2. The van der Waals surface area contributed by atoms with Crippen LogP contribution in [0, 0.1) is 12.7 Å². The molecule has 0 unspecified atom stereocenters. The summed E-state index contributed by atoms with van der Waals surface area (Å²) >= 11 is 0. The Morgan fingerprint density at radius 2 is 1.85 bits per heavy atom. The smallest absolute Gasteiger partial charge is 0.239 e. The number of rotatable bonds is 6. The number of aryl methyl sites for hydroxylation is 1. The molecule has 0 aliphatic rings. The van der Waals surface area contributed by atoms with Gasteiger partial charge >= 0.3 is 0 Å². The highest BCUT2D eigenvalue weighted by Crippen LogP contribution is 2.23. The lowest BCUT2D eigenvalue weighted by molar-refractivity contribution is -0.113.